The van der Waals surface area contributed by atoms with Crippen molar-refractivity contribution in [2.24, 2.45) is 5.73 Å². The van der Waals surface area contributed by atoms with Crippen LogP contribution >= 0.6 is 15.9 Å². The number of likely N-dealkylation sites (N-methyl/N-ethyl adjacent to an activating group) is 1. The molecule has 4 nitrogen and oxygen atoms in total. The van der Waals surface area contributed by atoms with Gasteiger partial charge in [-0.15, -0.1) is 0 Å². The minimum Gasteiger partial charge on any atom is -0.506 e. The SMILES string of the molecule is CN(CCN)CCNCc1cc(C(C)(C)C)cc(Br)c1O. The molecule has 0 saturated heterocycles. The highest BCUT2D eigenvalue weighted by atomic mass is 79.9. The molecule has 0 heterocycles. The zero-order valence-corrected chi connectivity index (χ0v) is 15.1. The molecule has 0 fully saturated rings. The number of nitrogens with one attached hydrogen (secondary N) is 1. The van der Waals surface area contributed by atoms with Crippen molar-refractivity contribution in [2.45, 2.75) is 32.7 Å². The first-order chi connectivity index (χ1) is 9.75. The summed E-state index contributed by atoms with van der Waals surface area (Å²) in [4.78, 5) is 2.19. The lowest BCUT2D eigenvalue weighted by Gasteiger charge is -2.21. The van der Waals surface area contributed by atoms with Gasteiger partial charge in [0.1, 0.15) is 5.75 Å². The van der Waals surface area contributed by atoms with Gasteiger partial charge in [-0.3, -0.25) is 0 Å². The van der Waals surface area contributed by atoms with Gasteiger partial charge in [0.25, 0.3) is 0 Å². The van der Waals surface area contributed by atoms with Gasteiger partial charge in [0.15, 0.2) is 0 Å². The van der Waals surface area contributed by atoms with E-state index in [2.05, 4.69) is 60.0 Å². The number of aromatic hydroxyl groups is 1. The van der Waals surface area contributed by atoms with Crippen molar-refractivity contribution >= 4 is 15.9 Å². The summed E-state index contributed by atoms with van der Waals surface area (Å²) in [6.45, 7) is 10.6. The Bertz CT molecular complexity index is 458. The minimum atomic E-state index is 0.0618. The quantitative estimate of drug-likeness (QED) is 0.656. The molecule has 4 N–H and O–H groups in total. The zero-order chi connectivity index (χ0) is 16.0. The predicted octanol–water partition coefficient (Wildman–Crippen LogP) is 2.43. The lowest BCUT2D eigenvalue weighted by molar-refractivity contribution is 0.339. The molecular formula is C16H28BrN3O. The van der Waals surface area contributed by atoms with Crippen LogP contribution in [0.5, 0.6) is 5.75 Å². The fourth-order valence-electron chi connectivity index (χ4n) is 2.05. The highest BCUT2D eigenvalue weighted by Gasteiger charge is 2.17. The van der Waals surface area contributed by atoms with Crippen molar-refractivity contribution in [3.63, 3.8) is 0 Å². The van der Waals surface area contributed by atoms with Crippen LogP contribution in [0.2, 0.25) is 0 Å². The van der Waals surface area contributed by atoms with E-state index in [0.29, 0.717) is 18.8 Å². The summed E-state index contributed by atoms with van der Waals surface area (Å²) in [6.07, 6.45) is 0. The Morgan fingerprint density at radius 1 is 1.29 bits per heavy atom. The van der Waals surface area contributed by atoms with E-state index in [1.54, 1.807) is 0 Å². The van der Waals surface area contributed by atoms with E-state index in [1.165, 1.54) is 5.56 Å². The van der Waals surface area contributed by atoms with Crippen molar-refractivity contribution < 1.29 is 5.11 Å². The fraction of sp³-hybridized carbons (Fsp3) is 0.625. The number of hydrogen-bond acceptors (Lipinski definition) is 4. The first-order valence-electron chi connectivity index (χ1n) is 7.37. The molecule has 0 aromatic heterocycles. The van der Waals surface area contributed by atoms with E-state index < -0.39 is 0 Å². The number of benzene rings is 1. The predicted molar refractivity (Wildman–Crippen MR) is 92.8 cm³/mol. The molecule has 0 amide bonds. The first-order valence-corrected chi connectivity index (χ1v) is 8.16. The Morgan fingerprint density at radius 3 is 2.52 bits per heavy atom. The van der Waals surface area contributed by atoms with E-state index in [0.717, 1.165) is 29.7 Å². The summed E-state index contributed by atoms with van der Waals surface area (Å²) in [6, 6.07) is 4.07. The Kier molecular flexibility index (Phi) is 7.13. The van der Waals surface area contributed by atoms with Crippen LogP contribution < -0.4 is 11.1 Å². The van der Waals surface area contributed by atoms with Crippen LogP contribution in [-0.4, -0.2) is 43.2 Å². The molecule has 120 valence electrons. The van der Waals surface area contributed by atoms with Gasteiger partial charge in [0.05, 0.1) is 4.47 Å². The average Bonchev–Trinajstić information content (AvgIpc) is 2.38. The number of hydrogen-bond donors (Lipinski definition) is 3. The number of rotatable bonds is 7. The molecular weight excluding hydrogens is 330 g/mol. The summed E-state index contributed by atoms with van der Waals surface area (Å²) in [5, 5.41) is 13.5. The molecule has 0 radical (unpaired) electrons. The minimum absolute atomic E-state index is 0.0618. The topological polar surface area (TPSA) is 61.5 Å². The van der Waals surface area contributed by atoms with Crippen molar-refractivity contribution in [2.75, 3.05) is 33.2 Å². The lowest BCUT2D eigenvalue weighted by atomic mass is 9.86. The third-order valence-corrected chi connectivity index (χ3v) is 4.11. The van der Waals surface area contributed by atoms with E-state index in [9.17, 15) is 5.11 Å². The van der Waals surface area contributed by atoms with Gasteiger partial charge < -0.3 is 21.1 Å². The van der Waals surface area contributed by atoms with Gasteiger partial charge in [-0.25, -0.2) is 0 Å². The van der Waals surface area contributed by atoms with Gasteiger partial charge in [-0.2, -0.15) is 0 Å². The van der Waals surface area contributed by atoms with E-state index in [1.807, 2.05) is 6.07 Å². The zero-order valence-electron chi connectivity index (χ0n) is 13.5. The molecule has 0 spiro atoms. The Labute approximate surface area is 136 Å². The first kappa shape index (κ1) is 18.4. The molecule has 0 aliphatic rings. The maximum Gasteiger partial charge on any atom is 0.134 e. The normalized spacial score (nSPS) is 12.1. The summed E-state index contributed by atoms with van der Waals surface area (Å²) < 4.78 is 0.756. The summed E-state index contributed by atoms with van der Waals surface area (Å²) in [5.74, 6) is 0.325. The molecule has 1 rings (SSSR count). The molecule has 1 aromatic carbocycles. The summed E-state index contributed by atoms with van der Waals surface area (Å²) in [7, 11) is 2.06. The average molecular weight is 358 g/mol. The van der Waals surface area contributed by atoms with Crippen molar-refractivity contribution in [1.82, 2.24) is 10.2 Å². The van der Waals surface area contributed by atoms with Gasteiger partial charge in [-0.1, -0.05) is 26.8 Å². The fourth-order valence-corrected chi connectivity index (χ4v) is 2.55. The monoisotopic (exact) mass is 357 g/mol. The molecule has 5 heteroatoms. The van der Waals surface area contributed by atoms with Crippen LogP contribution in [0, 0.1) is 0 Å². The highest BCUT2D eigenvalue weighted by Crippen LogP contribution is 2.34. The van der Waals surface area contributed by atoms with Crippen LogP contribution in [0.4, 0.5) is 0 Å². The van der Waals surface area contributed by atoms with Gasteiger partial charge in [0, 0.05) is 38.3 Å². The van der Waals surface area contributed by atoms with Crippen molar-refractivity contribution in [3.05, 3.63) is 27.7 Å². The van der Waals surface area contributed by atoms with Crippen molar-refractivity contribution in [3.8, 4) is 5.75 Å². The Morgan fingerprint density at radius 2 is 1.95 bits per heavy atom. The Hall–Kier alpha value is -0.620. The molecule has 21 heavy (non-hydrogen) atoms. The standard InChI is InChI=1S/C16H28BrN3O/c1-16(2,3)13-9-12(15(21)14(17)10-13)11-19-6-8-20(4)7-5-18/h9-10,19,21H,5-8,11,18H2,1-4H3. The second-order valence-electron chi connectivity index (χ2n) is 6.48. The van der Waals surface area contributed by atoms with E-state index in [4.69, 9.17) is 5.73 Å². The van der Waals surface area contributed by atoms with Crippen molar-refractivity contribution in [1.29, 1.82) is 0 Å². The van der Waals surface area contributed by atoms with Gasteiger partial charge >= 0.3 is 0 Å². The summed E-state index contributed by atoms with van der Waals surface area (Å²) >= 11 is 3.44. The molecule has 0 atom stereocenters. The maximum atomic E-state index is 10.2. The van der Waals surface area contributed by atoms with Crippen LogP contribution in [0.3, 0.4) is 0 Å². The number of nitrogens with two attached hydrogens (primary N) is 1. The molecule has 0 unspecified atom stereocenters. The second-order valence-corrected chi connectivity index (χ2v) is 7.34. The van der Waals surface area contributed by atoms with E-state index in [-0.39, 0.29) is 5.41 Å². The van der Waals surface area contributed by atoms with Crippen LogP contribution in [0.15, 0.2) is 16.6 Å². The molecule has 0 aliphatic heterocycles. The number of phenols is 1. The second kappa shape index (κ2) is 8.13. The molecule has 0 bridgehead atoms. The smallest absolute Gasteiger partial charge is 0.134 e. The molecule has 0 aliphatic carbocycles. The third-order valence-electron chi connectivity index (χ3n) is 3.50. The Balaban J connectivity index is 2.64. The number of nitrogens with zero attached hydrogens (tertiary/aromatic N) is 1. The van der Waals surface area contributed by atoms with Crippen LogP contribution in [0.25, 0.3) is 0 Å². The lowest BCUT2D eigenvalue weighted by Crippen LogP contribution is -2.32. The van der Waals surface area contributed by atoms with Gasteiger partial charge in [-0.05, 0) is 40.0 Å². The summed E-state index contributed by atoms with van der Waals surface area (Å²) in [5.41, 5.74) is 7.72. The highest BCUT2D eigenvalue weighted by molar-refractivity contribution is 9.10. The number of phenolic OH excluding ortho intramolecular Hbond substituents is 1. The van der Waals surface area contributed by atoms with Crippen LogP contribution in [-0.2, 0) is 12.0 Å². The number of halogens is 1. The molecule has 0 saturated carbocycles. The third kappa shape index (κ3) is 5.94. The van der Waals surface area contributed by atoms with Crippen LogP contribution in [0.1, 0.15) is 31.9 Å². The molecule has 1 aromatic rings. The largest absolute Gasteiger partial charge is 0.506 e. The maximum absolute atomic E-state index is 10.2. The van der Waals surface area contributed by atoms with E-state index >= 15 is 0 Å². The van der Waals surface area contributed by atoms with Gasteiger partial charge in [0.2, 0.25) is 0 Å².